The van der Waals surface area contributed by atoms with Gasteiger partial charge in [-0.25, -0.2) is 8.42 Å². The van der Waals surface area contributed by atoms with Gasteiger partial charge in [0.15, 0.2) is 0 Å². The zero-order valence-corrected chi connectivity index (χ0v) is 12.5. The van der Waals surface area contributed by atoms with Crippen LogP contribution in [0.5, 0.6) is 0 Å². The average Bonchev–Trinajstić information content (AvgIpc) is 2.84. The van der Waals surface area contributed by atoms with Gasteiger partial charge in [-0.05, 0) is 26.3 Å². The van der Waals surface area contributed by atoms with E-state index in [-0.39, 0.29) is 30.0 Å². The number of carbonyl (C=O) groups is 1. The third-order valence-electron chi connectivity index (χ3n) is 3.77. The summed E-state index contributed by atoms with van der Waals surface area (Å²) in [4.78, 5) is 15.0. The molecule has 0 aliphatic carbocycles. The predicted molar refractivity (Wildman–Crippen MR) is 72.8 cm³/mol. The van der Waals surface area contributed by atoms with Crippen molar-refractivity contribution in [3.05, 3.63) is 23.5 Å². The summed E-state index contributed by atoms with van der Waals surface area (Å²) in [6.07, 6.45) is 1.45. The third-order valence-corrected chi connectivity index (χ3v) is 5.59. The number of pyridine rings is 1. The van der Waals surface area contributed by atoms with Gasteiger partial charge in [0, 0.05) is 19.3 Å². The Morgan fingerprint density at radius 3 is 2.76 bits per heavy atom. The molecule has 0 amide bonds. The Labute approximate surface area is 122 Å². The van der Waals surface area contributed by atoms with Crippen LogP contribution >= 0.6 is 0 Å². The highest BCUT2D eigenvalue weighted by molar-refractivity contribution is 7.89. The van der Waals surface area contributed by atoms with Crippen LogP contribution in [0.25, 0.3) is 0 Å². The molecule has 0 aromatic carbocycles. The fourth-order valence-corrected chi connectivity index (χ4v) is 3.75. The fourth-order valence-electron chi connectivity index (χ4n) is 2.22. The van der Waals surface area contributed by atoms with Gasteiger partial charge in [0.2, 0.25) is 10.0 Å². The van der Waals surface area contributed by atoms with Crippen LogP contribution in [0.1, 0.15) is 24.6 Å². The molecule has 7 nitrogen and oxygen atoms in total. The van der Waals surface area contributed by atoms with E-state index in [1.54, 1.807) is 6.92 Å². The molecule has 8 heteroatoms. The SMILES string of the molecule is Cc1ncc(S(=O)(=O)N2CCC(C)(C(=O)O)C2)cc1C#N. The van der Waals surface area contributed by atoms with Crippen molar-refractivity contribution in [1.82, 2.24) is 9.29 Å². The zero-order valence-electron chi connectivity index (χ0n) is 11.7. The van der Waals surface area contributed by atoms with Gasteiger partial charge < -0.3 is 5.11 Å². The Hall–Kier alpha value is -1.98. The highest BCUT2D eigenvalue weighted by atomic mass is 32.2. The minimum Gasteiger partial charge on any atom is -0.481 e. The lowest BCUT2D eigenvalue weighted by Crippen LogP contribution is -2.35. The van der Waals surface area contributed by atoms with Gasteiger partial charge in [0.25, 0.3) is 0 Å². The van der Waals surface area contributed by atoms with E-state index in [1.807, 2.05) is 6.07 Å². The van der Waals surface area contributed by atoms with Crippen molar-refractivity contribution in [1.29, 1.82) is 5.26 Å². The molecule has 1 aliphatic rings. The topological polar surface area (TPSA) is 111 Å². The monoisotopic (exact) mass is 309 g/mol. The summed E-state index contributed by atoms with van der Waals surface area (Å²) in [5, 5.41) is 18.1. The minimum atomic E-state index is -3.84. The van der Waals surface area contributed by atoms with Crippen molar-refractivity contribution in [2.45, 2.75) is 25.2 Å². The van der Waals surface area contributed by atoms with E-state index >= 15 is 0 Å². The first kappa shape index (κ1) is 15.4. The maximum Gasteiger partial charge on any atom is 0.310 e. The van der Waals surface area contributed by atoms with Gasteiger partial charge >= 0.3 is 5.97 Å². The number of sulfonamides is 1. The number of rotatable bonds is 3. The summed E-state index contributed by atoms with van der Waals surface area (Å²) in [5.74, 6) is -1.01. The summed E-state index contributed by atoms with van der Waals surface area (Å²) in [5.41, 5.74) is -0.437. The van der Waals surface area contributed by atoms with Crippen LogP contribution in [0, 0.1) is 23.7 Å². The molecule has 2 heterocycles. The Bertz CT molecular complexity index is 738. The summed E-state index contributed by atoms with van der Waals surface area (Å²) < 4.78 is 26.1. The molecular formula is C13H15N3O4S. The van der Waals surface area contributed by atoms with E-state index in [0.717, 1.165) is 4.31 Å². The van der Waals surface area contributed by atoms with Crippen LogP contribution in [0.4, 0.5) is 0 Å². The second kappa shape index (κ2) is 5.09. The third kappa shape index (κ3) is 2.62. The minimum absolute atomic E-state index is 0.0829. The van der Waals surface area contributed by atoms with Crippen molar-refractivity contribution >= 4 is 16.0 Å². The number of hydrogen-bond donors (Lipinski definition) is 1. The first-order valence-electron chi connectivity index (χ1n) is 6.31. The molecular weight excluding hydrogens is 294 g/mol. The second-order valence-corrected chi connectivity index (χ2v) is 7.31. The van der Waals surface area contributed by atoms with E-state index in [1.165, 1.54) is 19.2 Å². The molecule has 0 spiro atoms. The van der Waals surface area contributed by atoms with Crippen molar-refractivity contribution in [2.75, 3.05) is 13.1 Å². The van der Waals surface area contributed by atoms with Crippen LogP contribution < -0.4 is 0 Å². The largest absolute Gasteiger partial charge is 0.481 e. The smallest absolute Gasteiger partial charge is 0.310 e. The molecule has 1 aromatic rings. The maximum atomic E-state index is 12.5. The molecule has 1 aliphatic heterocycles. The summed E-state index contributed by atoms with van der Waals surface area (Å²) in [6, 6.07) is 3.17. The second-order valence-electron chi connectivity index (χ2n) is 5.37. The van der Waals surface area contributed by atoms with Crippen molar-refractivity contribution in [3.8, 4) is 6.07 Å². The highest BCUT2D eigenvalue weighted by Gasteiger charge is 2.45. The summed E-state index contributed by atoms with van der Waals surface area (Å²) in [7, 11) is -3.84. The summed E-state index contributed by atoms with van der Waals surface area (Å²) >= 11 is 0. The quantitative estimate of drug-likeness (QED) is 0.881. The maximum absolute atomic E-state index is 12.5. The van der Waals surface area contributed by atoms with E-state index in [2.05, 4.69) is 4.98 Å². The van der Waals surface area contributed by atoms with Crippen LogP contribution in [0.3, 0.4) is 0 Å². The van der Waals surface area contributed by atoms with Gasteiger partial charge in [0.05, 0.1) is 16.7 Å². The number of aryl methyl sites for hydroxylation is 1. The van der Waals surface area contributed by atoms with E-state index < -0.39 is 21.4 Å². The number of hydrogen-bond acceptors (Lipinski definition) is 5. The van der Waals surface area contributed by atoms with Crippen LogP contribution in [0.2, 0.25) is 0 Å². The Morgan fingerprint density at radius 1 is 1.57 bits per heavy atom. The van der Waals surface area contributed by atoms with Crippen molar-refractivity contribution in [3.63, 3.8) is 0 Å². The fraction of sp³-hybridized carbons (Fsp3) is 0.462. The van der Waals surface area contributed by atoms with E-state index in [9.17, 15) is 13.2 Å². The lowest BCUT2D eigenvalue weighted by Gasteiger charge is -2.20. The molecule has 0 radical (unpaired) electrons. The van der Waals surface area contributed by atoms with Crippen molar-refractivity contribution < 1.29 is 18.3 Å². The molecule has 0 bridgehead atoms. The lowest BCUT2D eigenvalue weighted by molar-refractivity contribution is -0.146. The highest BCUT2D eigenvalue weighted by Crippen LogP contribution is 2.33. The predicted octanol–water partition coefficient (Wildman–Crippen LogP) is 0.747. The molecule has 1 atom stereocenters. The normalized spacial score (nSPS) is 22.9. The standard InChI is InChI=1S/C13H15N3O4S/c1-9-10(6-14)5-11(7-15-9)21(19,20)16-4-3-13(2,8-16)12(17)18/h5,7H,3-4,8H2,1-2H3,(H,17,18). The molecule has 0 saturated carbocycles. The molecule has 1 aromatic heterocycles. The number of aliphatic carboxylic acids is 1. The molecule has 21 heavy (non-hydrogen) atoms. The molecule has 112 valence electrons. The number of nitrogens with zero attached hydrogens (tertiary/aromatic N) is 3. The van der Waals surface area contributed by atoms with Gasteiger partial charge in [-0.15, -0.1) is 0 Å². The van der Waals surface area contributed by atoms with Crippen molar-refractivity contribution in [2.24, 2.45) is 5.41 Å². The number of nitriles is 1. The molecule has 1 unspecified atom stereocenters. The Balaban J connectivity index is 2.37. The lowest BCUT2D eigenvalue weighted by atomic mass is 9.90. The van der Waals surface area contributed by atoms with Crippen LogP contribution in [-0.4, -0.2) is 41.9 Å². The molecule has 1 N–H and O–H groups in total. The first-order chi connectivity index (χ1) is 9.70. The molecule has 1 fully saturated rings. The Morgan fingerprint density at radius 2 is 2.24 bits per heavy atom. The van der Waals surface area contributed by atoms with Crippen LogP contribution in [-0.2, 0) is 14.8 Å². The van der Waals surface area contributed by atoms with E-state index in [0.29, 0.717) is 5.69 Å². The first-order valence-corrected chi connectivity index (χ1v) is 7.75. The van der Waals surface area contributed by atoms with Crippen LogP contribution in [0.15, 0.2) is 17.2 Å². The van der Waals surface area contributed by atoms with Gasteiger partial charge in [-0.1, -0.05) is 0 Å². The van der Waals surface area contributed by atoms with Gasteiger partial charge in [0.1, 0.15) is 11.0 Å². The van der Waals surface area contributed by atoms with E-state index in [4.69, 9.17) is 10.4 Å². The van der Waals surface area contributed by atoms with Gasteiger partial charge in [-0.3, -0.25) is 9.78 Å². The number of carboxylic acid groups (broad SMARTS) is 1. The Kier molecular flexibility index (Phi) is 3.74. The van der Waals surface area contributed by atoms with Gasteiger partial charge in [-0.2, -0.15) is 9.57 Å². The zero-order chi connectivity index (χ0) is 15.8. The average molecular weight is 309 g/mol. The molecule has 1 saturated heterocycles. The summed E-state index contributed by atoms with van der Waals surface area (Å²) in [6.45, 7) is 3.20. The number of aromatic nitrogens is 1. The number of carboxylic acids is 1. The molecule has 2 rings (SSSR count).